The minimum Gasteiger partial charge on any atom is -0.488 e. The topological polar surface area (TPSA) is 76.7 Å². The molecular weight excluding hydrogens is 302 g/mol. The van der Waals surface area contributed by atoms with Crippen LogP contribution in [0.2, 0.25) is 0 Å². The van der Waals surface area contributed by atoms with Crippen LogP contribution in [0.4, 0.5) is 0 Å². The van der Waals surface area contributed by atoms with E-state index in [9.17, 15) is 4.79 Å². The number of amides is 1. The van der Waals surface area contributed by atoms with Crippen LogP contribution >= 0.6 is 12.4 Å². The van der Waals surface area contributed by atoms with E-state index in [0.29, 0.717) is 18.9 Å². The molecule has 0 aromatic heterocycles. The molecule has 0 saturated carbocycles. The van der Waals surface area contributed by atoms with E-state index in [-0.39, 0.29) is 18.3 Å². The molecule has 1 amide bonds. The molecule has 0 aliphatic carbocycles. The summed E-state index contributed by atoms with van der Waals surface area (Å²) in [5.41, 5.74) is 10.1. The van der Waals surface area contributed by atoms with Crippen molar-refractivity contribution in [3.63, 3.8) is 0 Å². The maximum Gasteiger partial charge on any atom is 0.256 e. The molecule has 120 valence electrons. The average molecular weight is 324 g/mol. The SMILES string of the molecule is CC(C)C[C@@H](N)C(=O)N/N=C/C1=Cc2ccccc2OC1.Cl. The lowest BCUT2D eigenvalue weighted by molar-refractivity contribution is -0.122. The monoisotopic (exact) mass is 323 g/mol. The highest BCUT2D eigenvalue weighted by atomic mass is 35.5. The summed E-state index contributed by atoms with van der Waals surface area (Å²) in [6, 6.07) is 7.25. The van der Waals surface area contributed by atoms with Crippen LogP contribution in [-0.4, -0.2) is 24.8 Å². The predicted molar refractivity (Wildman–Crippen MR) is 91.2 cm³/mol. The molecule has 1 aromatic carbocycles. The Labute approximate surface area is 137 Å². The van der Waals surface area contributed by atoms with E-state index in [0.717, 1.165) is 16.9 Å². The van der Waals surface area contributed by atoms with Crippen LogP contribution in [0.3, 0.4) is 0 Å². The highest BCUT2D eigenvalue weighted by molar-refractivity contribution is 5.89. The highest BCUT2D eigenvalue weighted by Crippen LogP contribution is 2.24. The first-order chi connectivity index (χ1) is 10.1. The molecule has 0 fully saturated rings. The number of nitrogens with two attached hydrogens (primary N) is 1. The fourth-order valence-electron chi connectivity index (χ4n) is 2.08. The molecule has 1 heterocycles. The number of para-hydroxylation sites is 1. The van der Waals surface area contributed by atoms with Gasteiger partial charge in [-0.3, -0.25) is 4.79 Å². The molecule has 0 unspecified atom stereocenters. The zero-order chi connectivity index (χ0) is 15.2. The Hall–Kier alpha value is -1.85. The van der Waals surface area contributed by atoms with Gasteiger partial charge in [-0.05, 0) is 24.5 Å². The van der Waals surface area contributed by atoms with Crippen molar-refractivity contribution in [1.82, 2.24) is 5.43 Å². The van der Waals surface area contributed by atoms with Crippen molar-refractivity contribution in [2.75, 3.05) is 6.61 Å². The first-order valence-electron chi connectivity index (χ1n) is 7.07. The van der Waals surface area contributed by atoms with Crippen LogP contribution in [0.5, 0.6) is 5.75 Å². The maximum atomic E-state index is 11.7. The van der Waals surface area contributed by atoms with Crippen LogP contribution in [-0.2, 0) is 4.79 Å². The quantitative estimate of drug-likeness (QED) is 0.645. The van der Waals surface area contributed by atoms with Crippen molar-refractivity contribution in [3.05, 3.63) is 35.4 Å². The number of hydrogen-bond acceptors (Lipinski definition) is 4. The fourth-order valence-corrected chi connectivity index (χ4v) is 2.08. The number of hydrazone groups is 1. The molecule has 1 aliphatic rings. The number of ether oxygens (including phenoxy) is 1. The predicted octanol–water partition coefficient (Wildman–Crippen LogP) is 2.36. The van der Waals surface area contributed by atoms with Crippen molar-refractivity contribution >= 4 is 30.6 Å². The smallest absolute Gasteiger partial charge is 0.256 e. The minimum absolute atomic E-state index is 0. The van der Waals surface area contributed by atoms with Gasteiger partial charge in [-0.15, -0.1) is 12.4 Å². The molecule has 2 rings (SSSR count). The molecule has 1 aliphatic heterocycles. The zero-order valence-corrected chi connectivity index (χ0v) is 13.6. The molecule has 0 bridgehead atoms. The Kier molecular flexibility index (Phi) is 7.08. The van der Waals surface area contributed by atoms with E-state index in [1.54, 1.807) is 6.21 Å². The summed E-state index contributed by atoms with van der Waals surface area (Å²) in [5.74, 6) is 0.969. The molecule has 0 radical (unpaired) electrons. The van der Waals surface area contributed by atoms with E-state index in [2.05, 4.69) is 10.5 Å². The normalized spacial score (nSPS) is 14.6. The number of carbonyl (C=O) groups excluding carboxylic acids is 1. The van der Waals surface area contributed by atoms with Crippen molar-refractivity contribution in [3.8, 4) is 5.75 Å². The summed E-state index contributed by atoms with van der Waals surface area (Å²) in [6.45, 7) is 4.49. The Morgan fingerprint density at radius 1 is 1.45 bits per heavy atom. The molecule has 0 saturated heterocycles. The summed E-state index contributed by atoms with van der Waals surface area (Å²) in [7, 11) is 0. The first-order valence-corrected chi connectivity index (χ1v) is 7.07. The van der Waals surface area contributed by atoms with Gasteiger partial charge in [-0.25, -0.2) is 5.43 Å². The minimum atomic E-state index is -0.528. The Morgan fingerprint density at radius 3 is 2.91 bits per heavy atom. The third-order valence-corrected chi connectivity index (χ3v) is 3.12. The molecule has 6 heteroatoms. The van der Waals surface area contributed by atoms with E-state index in [1.165, 1.54) is 0 Å². The van der Waals surface area contributed by atoms with Crippen LogP contribution in [0, 0.1) is 5.92 Å². The number of benzene rings is 1. The molecule has 5 nitrogen and oxygen atoms in total. The molecule has 1 atom stereocenters. The molecule has 0 spiro atoms. The van der Waals surface area contributed by atoms with Crippen molar-refractivity contribution in [1.29, 1.82) is 0 Å². The second-order valence-corrected chi connectivity index (χ2v) is 5.52. The van der Waals surface area contributed by atoms with Gasteiger partial charge in [0.15, 0.2) is 0 Å². The standard InChI is InChI=1S/C16H21N3O2.ClH/c1-11(2)7-14(17)16(20)19-18-9-12-8-13-5-3-4-6-15(13)21-10-12;/h3-6,8-9,11,14H,7,10,17H2,1-2H3,(H,19,20);1H/b18-9+;/t14-;/m1./s1. The number of nitrogens with one attached hydrogen (secondary N) is 1. The van der Waals surface area contributed by atoms with Gasteiger partial charge in [0.05, 0.1) is 12.3 Å². The summed E-state index contributed by atoms with van der Waals surface area (Å²) < 4.78 is 5.60. The van der Waals surface area contributed by atoms with Gasteiger partial charge in [0, 0.05) is 11.1 Å². The fraction of sp³-hybridized carbons (Fsp3) is 0.375. The number of rotatable bonds is 5. The lowest BCUT2D eigenvalue weighted by Crippen LogP contribution is -2.39. The van der Waals surface area contributed by atoms with Crippen LogP contribution < -0.4 is 15.9 Å². The Bertz CT molecular complexity index is 570. The van der Waals surface area contributed by atoms with E-state index < -0.39 is 6.04 Å². The molecule has 22 heavy (non-hydrogen) atoms. The summed E-state index contributed by atoms with van der Waals surface area (Å²) >= 11 is 0. The number of carbonyl (C=O) groups is 1. The van der Waals surface area contributed by atoms with E-state index in [1.807, 2.05) is 44.2 Å². The van der Waals surface area contributed by atoms with Crippen molar-refractivity contribution < 1.29 is 9.53 Å². The molecule has 1 aromatic rings. The zero-order valence-electron chi connectivity index (χ0n) is 12.8. The number of halogens is 1. The average Bonchev–Trinajstić information content (AvgIpc) is 2.46. The summed E-state index contributed by atoms with van der Waals surface area (Å²) in [5, 5.41) is 3.94. The van der Waals surface area contributed by atoms with Gasteiger partial charge in [0.25, 0.3) is 5.91 Å². The number of fused-ring (bicyclic) bond motifs is 1. The summed E-state index contributed by atoms with van der Waals surface area (Å²) in [4.78, 5) is 11.7. The Morgan fingerprint density at radius 2 is 2.18 bits per heavy atom. The third kappa shape index (κ3) is 5.16. The number of nitrogens with zero attached hydrogens (tertiary/aromatic N) is 1. The first kappa shape index (κ1) is 18.2. The van der Waals surface area contributed by atoms with Gasteiger partial charge >= 0.3 is 0 Å². The van der Waals surface area contributed by atoms with Crippen molar-refractivity contribution in [2.24, 2.45) is 16.8 Å². The van der Waals surface area contributed by atoms with Gasteiger partial charge in [-0.2, -0.15) is 5.10 Å². The van der Waals surface area contributed by atoms with E-state index >= 15 is 0 Å². The van der Waals surface area contributed by atoms with Crippen molar-refractivity contribution in [2.45, 2.75) is 26.3 Å². The summed E-state index contributed by atoms with van der Waals surface area (Å²) in [6.07, 6.45) is 4.22. The van der Waals surface area contributed by atoms with E-state index in [4.69, 9.17) is 10.5 Å². The van der Waals surface area contributed by atoms with Gasteiger partial charge in [0.1, 0.15) is 12.4 Å². The van der Waals surface area contributed by atoms with Gasteiger partial charge < -0.3 is 10.5 Å². The largest absolute Gasteiger partial charge is 0.488 e. The van der Waals surface area contributed by atoms with Crippen LogP contribution in [0.15, 0.2) is 34.9 Å². The lowest BCUT2D eigenvalue weighted by Gasteiger charge is -2.15. The molecular formula is C16H22ClN3O2. The lowest BCUT2D eigenvalue weighted by atomic mass is 10.0. The van der Waals surface area contributed by atoms with Gasteiger partial charge in [-0.1, -0.05) is 32.0 Å². The third-order valence-electron chi connectivity index (χ3n) is 3.12. The maximum absolute atomic E-state index is 11.7. The molecule has 3 N–H and O–H groups in total. The second-order valence-electron chi connectivity index (χ2n) is 5.52. The van der Waals surface area contributed by atoms with Crippen LogP contribution in [0.25, 0.3) is 6.08 Å². The van der Waals surface area contributed by atoms with Gasteiger partial charge in [0.2, 0.25) is 0 Å². The van der Waals surface area contributed by atoms with Crippen LogP contribution in [0.1, 0.15) is 25.8 Å². The highest BCUT2D eigenvalue weighted by Gasteiger charge is 2.14. The second kappa shape index (κ2) is 8.56. The Balaban J connectivity index is 0.00000242. The number of hydrogen-bond donors (Lipinski definition) is 2.